The third-order valence-corrected chi connectivity index (χ3v) is 35.7. The molecular weight excluding hydrogens is 637 g/mol. The molecule has 0 bridgehead atoms. The van der Waals surface area contributed by atoms with Crippen LogP contribution in [0, 0.1) is 5.41 Å². The van der Waals surface area contributed by atoms with Gasteiger partial charge in [0.2, 0.25) is 0 Å². The van der Waals surface area contributed by atoms with Crippen molar-refractivity contribution in [2.24, 2.45) is 5.41 Å². The minimum absolute atomic E-state index is 0.141. The predicted octanol–water partition coefficient (Wildman–Crippen LogP) is 16.2. The molecule has 0 aliphatic heterocycles. The van der Waals surface area contributed by atoms with Crippen molar-refractivity contribution in [3.05, 3.63) is 11.1 Å². The third kappa shape index (κ3) is 6.53. The molecule has 0 nitrogen and oxygen atoms in total. The molecule has 0 saturated heterocycles. The van der Waals surface area contributed by atoms with Gasteiger partial charge in [-0.25, -0.2) is 0 Å². The Hall–Kier alpha value is 1.18. The van der Waals surface area contributed by atoms with Gasteiger partial charge in [-0.05, 0) is 0 Å². The molecule has 0 amide bonds. The molecule has 0 unspecified atom stereocenters. The van der Waals surface area contributed by atoms with Crippen molar-refractivity contribution in [3.8, 4) is 0 Å². The van der Waals surface area contributed by atoms with Gasteiger partial charge in [0.1, 0.15) is 0 Å². The molecule has 0 aromatic heterocycles. The second-order valence-electron chi connectivity index (χ2n) is 18.8. The molecule has 6 rings (SSSR count). The van der Waals surface area contributed by atoms with Gasteiger partial charge < -0.3 is 0 Å². The van der Waals surface area contributed by atoms with Crippen LogP contribution >= 0.6 is 36.1 Å². The van der Waals surface area contributed by atoms with Crippen molar-refractivity contribution in [1.29, 1.82) is 0 Å². The fourth-order valence-corrected chi connectivity index (χ4v) is 38.5. The summed E-state index contributed by atoms with van der Waals surface area (Å²) in [6.07, 6.45) is 45.8. The molecule has 6 aliphatic carbocycles. The SMILES string of the molecule is CC(C)(C)C=C([P+](C1CCCCC1)(C1CCCCC1)C1CCCCC1)P(Cl)(C1CCCCC1)(C1CCCCC1)C1(Cl)CCCCC1. The van der Waals surface area contributed by atoms with Crippen LogP contribution in [0.5, 0.6) is 0 Å². The quantitative estimate of drug-likeness (QED) is 0.174. The van der Waals surface area contributed by atoms with Gasteiger partial charge in [-0.15, -0.1) is 0 Å². The predicted molar refractivity (Wildman–Crippen MR) is 213 cm³/mol. The first-order valence-electron chi connectivity index (χ1n) is 21.2. The summed E-state index contributed by atoms with van der Waals surface area (Å²) in [6.45, 7) is 7.73. The standard InChI is InChI=1S/C42H75Cl2P2/c1-41(2,3)34-40(45(35-22-10-4-11-23-35,36-24-12-5-13-25-36)37-26-14-6-15-27-37)46(44,38-28-16-7-17-29-38,39-30-18-8-19-31-39)42(43)32-20-9-21-33-42/h34-39H,4-33H2,1-3H3/q+1. The summed E-state index contributed by atoms with van der Waals surface area (Å²) in [6, 6.07) is 0. The van der Waals surface area contributed by atoms with E-state index in [2.05, 4.69) is 31.9 Å². The summed E-state index contributed by atoms with van der Waals surface area (Å²) < 4.78 is -0.185. The number of allylic oxidation sites excluding steroid dienone is 1. The van der Waals surface area contributed by atoms with Crippen LogP contribution in [0.1, 0.15) is 213 Å². The number of hydrogen-bond donors (Lipinski definition) is 0. The molecule has 0 atom stereocenters. The Bertz CT molecular complexity index is 928. The van der Waals surface area contributed by atoms with E-state index in [9.17, 15) is 11.2 Å². The first-order chi connectivity index (χ1) is 22.2. The molecule has 0 aromatic carbocycles. The van der Waals surface area contributed by atoms with Gasteiger partial charge in [0.15, 0.2) is 0 Å². The van der Waals surface area contributed by atoms with Crippen molar-refractivity contribution < 1.29 is 0 Å². The van der Waals surface area contributed by atoms with Gasteiger partial charge >= 0.3 is 299 Å². The number of rotatable bonds is 8. The van der Waals surface area contributed by atoms with Crippen molar-refractivity contribution in [2.75, 3.05) is 0 Å². The van der Waals surface area contributed by atoms with E-state index in [4.69, 9.17) is 11.6 Å². The minimum atomic E-state index is -3.25. The fraction of sp³-hybridized carbons (Fsp3) is 0.952. The second kappa shape index (κ2) is 15.4. The van der Waals surface area contributed by atoms with Crippen LogP contribution in [-0.2, 0) is 0 Å². The molecule has 4 heteroatoms. The first-order valence-corrected chi connectivity index (χ1v) is 26.8. The normalized spacial score (nSPS) is 29.3. The van der Waals surface area contributed by atoms with Gasteiger partial charge in [-0.1, -0.05) is 0 Å². The molecule has 6 fully saturated rings. The zero-order valence-electron chi connectivity index (χ0n) is 30.8. The average Bonchev–Trinajstić information content (AvgIpc) is 3.10. The van der Waals surface area contributed by atoms with E-state index in [1.807, 2.05) is 0 Å². The monoisotopic (exact) mass is 711 g/mol. The molecule has 0 spiro atoms. The van der Waals surface area contributed by atoms with Crippen LogP contribution in [0.4, 0.5) is 0 Å². The van der Waals surface area contributed by atoms with E-state index in [0.717, 1.165) is 17.0 Å². The average molecular weight is 713 g/mol. The Morgan fingerprint density at radius 3 is 1.15 bits per heavy atom. The van der Waals surface area contributed by atoms with E-state index in [0.29, 0.717) is 11.3 Å². The Kier molecular flexibility index (Phi) is 12.4. The number of alkyl halides is 1. The van der Waals surface area contributed by atoms with Crippen LogP contribution < -0.4 is 0 Å². The summed E-state index contributed by atoms with van der Waals surface area (Å²) in [5.41, 5.74) is 4.27. The van der Waals surface area contributed by atoms with Crippen LogP contribution in [0.25, 0.3) is 0 Å². The van der Waals surface area contributed by atoms with E-state index >= 15 is 0 Å². The zero-order chi connectivity index (χ0) is 32.3. The van der Waals surface area contributed by atoms with Crippen LogP contribution in [-0.4, -0.2) is 32.9 Å². The Morgan fingerprint density at radius 2 is 0.826 bits per heavy atom. The topological polar surface area (TPSA) is 0 Å². The maximum absolute atomic E-state index is 9.85. The summed E-state index contributed by atoms with van der Waals surface area (Å²) in [5, 5.41) is 2.08. The molecule has 46 heavy (non-hydrogen) atoms. The summed E-state index contributed by atoms with van der Waals surface area (Å²) in [7, 11) is -1.66. The molecule has 6 saturated carbocycles. The number of hydrogen-bond acceptors (Lipinski definition) is 0. The van der Waals surface area contributed by atoms with Crippen molar-refractivity contribution in [3.63, 3.8) is 0 Å². The Balaban J connectivity index is 1.74. The summed E-state index contributed by atoms with van der Waals surface area (Å²) in [5.74, 6) is -3.25. The Labute approximate surface area is 297 Å². The van der Waals surface area contributed by atoms with E-state index in [1.165, 1.54) is 193 Å². The second-order valence-corrected chi connectivity index (χ2v) is 31.7. The van der Waals surface area contributed by atoms with Crippen LogP contribution in [0.2, 0.25) is 0 Å². The number of halogens is 2. The Morgan fingerprint density at radius 1 is 0.522 bits per heavy atom. The van der Waals surface area contributed by atoms with Crippen molar-refractivity contribution in [1.82, 2.24) is 0 Å². The molecule has 0 heterocycles. The molecule has 0 radical (unpaired) electrons. The summed E-state index contributed by atoms with van der Waals surface area (Å²) in [4.78, 5) is 0. The van der Waals surface area contributed by atoms with Gasteiger partial charge in [0.25, 0.3) is 0 Å². The zero-order valence-corrected chi connectivity index (χ0v) is 34.1. The van der Waals surface area contributed by atoms with Gasteiger partial charge in [0.05, 0.1) is 0 Å². The van der Waals surface area contributed by atoms with Crippen LogP contribution in [0.15, 0.2) is 11.1 Å². The van der Waals surface area contributed by atoms with Gasteiger partial charge in [-0.3, -0.25) is 0 Å². The molecular formula is C42H75Cl2P2+. The molecule has 0 N–H and O–H groups in total. The third-order valence-electron chi connectivity index (χ3n) is 15.0. The maximum atomic E-state index is 9.85. The molecule has 6 aliphatic rings. The van der Waals surface area contributed by atoms with Crippen molar-refractivity contribution in [2.45, 2.75) is 246 Å². The van der Waals surface area contributed by atoms with Crippen LogP contribution in [0.3, 0.4) is 0 Å². The molecule has 0 aromatic rings. The summed E-state index contributed by atoms with van der Waals surface area (Å²) >= 11 is 18.7. The molecule has 266 valence electrons. The fourth-order valence-electron chi connectivity index (χ4n) is 13.2. The van der Waals surface area contributed by atoms with E-state index in [1.54, 1.807) is 0 Å². The van der Waals surface area contributed by atoms with E-state index < -0.39 is 13.2 Å². The van der Waals surface area contributed by atoms with Gasteiger partial charge in [0, 0.05) is 0 Å². The first kappa shape index (κ1) is 37.0. The van der Waals surface area contributed by atoms with Gasteiger partial charge in [-0.2, -0.15) is 0 Å². The van der Waals surface area contributed by atoms with Crippen molar-refractivity contribution >= 4 is 36.1 Å². The van der Waals surface area contributed by atoms with E-state index in [-0.39, 0.29) is 10.0 Å².